The SMILES string of the molecule is CCN(Cc1ccccc1)C(=O)CN1CCC[C@H](NS(=O)(=O)c2cc3ccc(Cl)cc3s2)C1=O. The molecule has 34 heavy (non-hydrogen) atoms. The molecule has 1 N–H and O–H groups in total. The number of carbonyl (C=O) groups is 2. The third-order valence-corrected chi connectivity index (χ3v) is 9.11. The van der Waals surface area contributed by atoms with Gasteiger partial charge in [-0.2, -0.15) is 4.72 Å². The molecule has 0 saturated carbocycles. The molecule has 4 rings (SSSR count). The van der Waals surface area contributed by atoms with Crippen LogP contribution in [-0.4, -0.2) is 55.7 Å². The van der Waals surface area contributed by atoms with Crippen LogP contribution >= 0.6 is 22.9 Å². The van der Waals surface area contributed by atoms with Gasteiger partial charge in [-0.05, 0) is 48.9 Å². The maximum atomic E-state index is 13.1. The van der Waals surface area contributed by atoms with Crippen molar-refractivity contribution in [3.63, 3.8) is 0 Å². The molecule has 1 saturated heterocycles. The van der Waals surface area contributed by atoms with Crippen molar-refractivity contribution in [1.29, 1.82) is 0 Å². The summed E-state index contributed by atoms with van der Waals surface area (Å²) < 4.78 is 29.5. The highest BCUT2D eigenvalue weighted by atomic mass is 35.5. The fourth-order valence-corrected chi connectivity index (χ4v) is 6.92. The maximum Gasteiger partial charge on any atom is 0.250 e. The molecule has 0 unspecified atom stereocenters. The lowest BCUT2D eigenvalue weighted by molar-refractivity contribution is -0.143. The first-order valence-corrected chi connectivity index (χ1v) is 13.8. The normalized spacial score (nSPS) is 16.7. The van der Waals surface area contributed by atoms with Gasteiger partial charge in [0.05, 0.1) is 6.54 Å². The van der Waals surface area contributed by atoms with Crippen LogP contribution in [0.2, 0.25) is 5.02 Å². The smallest absolute Gasteiger partial charge is 0.250 e. The van der Waals surface area contributed by atoms with Crippen LogP contribution in [0.3, 0.4) is 0 Å². The number of hydrogen-bond donors (Lipinski definition) is 1. The highest BCUT2D eigenvalue weighted by Gasteiger charge is 2.34. The van der Waals surface area contributed by atoms with E-state index in [9.17, 15) is 18.0 Å². The van der Waals surface area contributed by atoms with Gasteiger partial charge in [0.2, 0.25) is 11.8 Å². The van der Waals surface area contributed by atoms with Gasteiger partial charge in [-0.15, -0.1) is 11.3 Å². The number of nitrogens with zero attached hydrogens (tertiary/aromatic N) is 2. The Morgan fingerprint density at radius 3 is 2.71 bits per heavy atom. The molecule has 180 valence electrons. The average molecular weight is 520 g/mol. The Morgan fingerprint density at radius 2 is 1.97 bits per heavy atom. The molecule has 0 spiro atoms. The van der Waals surface area contributed by atoms with E-state index in [2.05, 4.69) is 4.72 Å². The number of thiophene rings is 1. The molecule has 1 aliphatic heterocycles. The predicted molar refractivity (Wildman–Crippen MR) is 134 cm³/mol. The highest BCUT2D eigenvalue weighted by molar-refractivity contribution is 7.91. The Bertz CT molecular complexity index is 1290. The summed E-state index contributed by atoms with van der Waals surface area (Å²) in [6.45, 7) is 3.23. The minimum atomic E-state index is -3.90. The number of sulfonamides is 1. The van der Waals surface area contributed by atoms with Crippen molar-refractivity contribution in [2.24, 2.45) is 0 Å². The summed E-state index contributed by atoms with van der Waals surface area (Å²) in [4.78, 5) is 29.1. The molecule has 1 aromatic heterocycles. The van der Waals surface area contributed by atoms with Crippen molar-refractivity contribution in [2.75, 3.05) is 19.6 Å². The first kappa shape index (κ1) is 24.7. The highest BCUT2D eigenvalue weighted by Crippen LogP contribution is 2.31. The van der Waals surface area contributed by atoms with E-state index in [1.807, 2.05) is 37.3 Å². The van der Waals surface area contributed by atoms with E-state index in [0.29, 0.717) is 37.5 Å². The van der Waals surface area contributed by atoms with Crippen LogP contribution < -0.4 is 4.72 Å². The molecule has 0 radical (unpaired) electrons. The lowest BCUT2D eigenvalue weighted by Gasteiger charge is -2.33. The standard InChI is InChI=1S/C24H26ClN3O4S2/c1-2-27(15-17-7-4-3-5-8-17)22(29)16-28-12-6-9-20(24(28)30)26-34(31,32)23-13-18-10-11-19(25)14-21(18)33-23/h3-5,7-8,10-11,13-14,20,26H,2,6,9,12,15-16H2,1H3/t20-/m0/s1. The minimum Gasteiger partial charge on any atom is -0.337 e. The van der Waals surface area contributed by atoms with Gasteiger partial charge >= 0.3 is 0 Å². The van der Waals surface area contributed by atoms with Crippen LogP contribution in [0.1, 0.15) is 25.3 Å². The average Bonchev–Trinajstić information content (AvgIpc) is 3.25. The summed E-state index contributed by atoms with van der Waals surface area (Å²) in [7, 11) is -3.90. The number of fused-ring (bicyclic) bond motifs is 1. The van der Waals surface area contributed by atoms with Crippen LogP contribution in [0.25, 0.3) is 10.1 Å². The third-order valence-electron chi connectivity index (χ3n) is 5.83. The van der Waals surface area contributed by atoms with Crippen LogP contribution in [0.4, 0.5) is 0 Å². The van der Waals surface area contributed by atoms with E-state index in [1.54, 1.807) is 29.2 Å². The molecule has 2 amide bonds. The zero-order valence-electron chi connectivity index (χ0n) is 18.7. The zero-order chi connectivity index (χ0) is 24.3. The van der Waals surface area contributed by atoms with Crippen molar-refractivity contribution < 1.29 is 18.0 Å². The minimum absolute atomic E-state index is 0.0703. The van der Waals surface area contributed by atoms with Crippen molar-refractivity contribution in [3.05, 3.63) is 65.2 Å². The number of benzene rings is 2. The van der Waals surface area contributed by atoms with Crippen molar-refractivity contribution >= 4 is 54.9 Å². The third kappa shape index (κ3) is 5.60. The fourth-order valence-electron chi connectivity index (χ4n) is 4.01. The van der Waals surface area contributed by atoms with Crippen molar-refractivity contribution in [1.82, 2.24) is 14.5 Å². The van der Waals surface area contributed by atoms with Crippen LogP contribution in [0.5, 0.6) is 0 Å². The second kappa shape index (κ2) is 10.4. The van der Waals surface area contributed by atoms with E-state index in [-0.39, 0.29) is 22.6 Å². The summed E-state index contributed by atoms with van der Waals surface area (Å²) in [6.07, 6.45) is 1.00. The zero-order valence-corrected chi connectivity index (χ0v) is 21.1. The van der Waals surface area contributed by atoms with Gasteiger partial charge in [0, 0.05) is 29.4 Å². The second-order valence-electron chi connectivity index (χ2n) is 8.22. The van der Waals surface area contributed by atoms with Gasteiger partial charge in [-0.1, -0.05) is 48.0 Å². The number of halogens is 1. The van der Waals surface area contributed by atoms with Crippen molar-refractivity contribution in [3.8, 4) is 0 Å². The number of rotatable bonds is 8. The van der Waals surface area contributed by atoms with Crippen molar-refractivity contribution in [2.45, 2.75) is 36.6 Å². The number of amides is 2. The molecule has 1 fully saturated rings. The van der Waals surface area contributed by atoms with Gasteiger partial charge in [0.1, 0.15) is 10.3 Å². The molecular weight excluding hydrogens is 494 g/mol. The molecule has 1 aliphatic rings. The van der Waals surface area contributed by atoms with Crippen LogP contribution in [-0.2, 0) is 26.2 Å². The van der Waals surface area contributed by atoms with Gasteiger partial charge in [-0.25, -0.2) is 8.42 Å². The van der Waals surface area contributed by atoms with Gasteiger partial charge in [0.25, 0.3) is 10.0 Å². The number of likely N-dealkylation sites (N-methyl/N-ethyl adjacent to an activating group) is 1. The Hall–Kier alpha value is -2.46. The molecule has 2 heterocycles. The molecule has 1 atom stereocenters. The quantitative estimate of drug-likeness (QED) is 0.489. The number of nitrogens with one attached hydrogen (secondary N) is 1. The topological polar surface area (TPSA) is 86.8 Å². The number of carbonyl (C=O) groups excluding carboxylic acids is 2. The lowest BCUT2D eigenvalue weighted by atomic mass is 10.1. The predicted octanol–water partition coefficient (Wildman–Crippen LogP) is 3.87. The van der Waals surface area contributed by atoms with Crippen LogP contribution in [0.15, 0.2) is 58.8 Å². The van der Waals surface area contributed by atoms with Crippen LogP contribution in [0, 0.1) is 0 Å². The fraction of sp³-hybridized carbons (Fsp3) is 0.333. The molecule has 3 aromatic rings. The monoisotopic (exact) mass is 519 g/mol. The van der Waals surface area contributed by atoms with E-state index in [1.165, 1.54) is 4.90 Å². The Kier molecular flexibility index (Phi) is 7.57. The van der Waals surface area contributed by atoms with E-state index < -0.39 is 16.1 Å². The first-order valence-electron chi connectivity index (χ1n) is 11.1. The molecule has 0 aliphatic carbocycles. The summed E-state index contributed by atoms with van der Waals surface area (Å²) in [5.74, 6) is -0.535. The van der Waals surface area contributed by atoms with E-state index in [0.717, 1.165) is 27.0 Å². The van der Waals surface area contributed by atoms with Gasteiger partial charge in [0.15, 0.2) is 0 Å². The lowest BCUT2D eigenvalue weighted by Crippen LogP contribution is -2.54. The van der Waals surface area contributed by atoms with Gasteiger partial charge in [-0.3, -0.25) is 9.59 Å². The first-order chi connectivity index (χ1) is 16.3. The number of likely N-dealkylation sites (tertiary alicyclic amines) is 1. The summed E-state index contributed by atoms with van der Waals surface area (Å²) in [5, 5.41) is 1.30. The Balaban J connectivity index is 1.43. The maximum absolute atomic E-state index is 13.1. The molecule has 0 bridgehead atoms. The molecule has 7 nitrogen and oxygen atoms in total. The summed E-state index contributed by atoms with van der Waals surface area (Å²) >= 11 is 7.12. The molecule has 10 heteroatoms. The Labute approximate surface area is 208 Å². The largest absolute Gasteiger partial charge is 0.337 e. The number of piperidine rings is 1. The van der Waals surface area contributed by atoms with E-state index >= 15 is 0 Å². The van der Waals surface area contributed by atoms with Gasteiger partial charge < -0.3 is 9.80 Å². The number of hydrogen-bond acceptors (Lipinski definition) is 5. The van der Waals surface area contributed by atoms with E-state index in [4.69, 9.17) is 11.6 Å². The summed E-state index contributed by atoms with van der Waals surface area (Å²) in [6, 6.07) is 15.5. The molecular formula is C24H26ClN3O4S2. The Morgan fingerprint density at radius 1 is 1.21 bits per heavy atom. The molecule has 2 aromatic carbocycles. The second-order valence-corrected chi connectivity index (χ2v) is 11.7. The summed E-state index contributed by atoms with van der Waals surface area (Å²) in [5.41, 5.74) is 1.01.